The number of halogens is 2. The van der Waals surface area contributed by atoms with Gasteiger partial charge in [-0.05, 0) is 56.6 Å². The molecule has 1 fully saturated rings. The highest BCUT2D eigenvalue weighted by atomic mass is 35.5. The number of piperidine rings is 1. The molecular formula is C19H24Cl2N2S. The van der Waals surface area contributed by atoms with Crippen LogP contribution in [-0.4, -0.2) is 31.6 Å². The fourth-order valence-electron chi connectivity index (χ4n) is 3.66. The molecule has 0 amide bonds. The van der Waals surface area contributed by atoms with E-state index in [0.29, 0.717) is 0 Å². The molecule has 2 aromatic rings. The molecule has 2 nitrogen and oxygen atoms in total. The van der Waals surface area contributed by atoms with E-state index in [9.17, 15) is 0 Å². The van der Waals surface area contributed by atoms with E-state index < -0.39 is 0 Å². The highest BCUT2D eigenvalue weighted by molar-refractivity contribution is 7.99. The molecule has 4 rings (SSSR count). The van der Waals surface area contributed by atoms with E-state index in [1.807, 2.05) is 11.8 Å². The Hall–Kier alpha value is -0.870. The van der Waals surface area contributed by atoms with Crippen LogP contribution in [0.3, 0.4) is 0 Å². The van der Waals surface area contributed by atoms with Crippen molar-refractivity contribution in [1.29, 1.82) is 0 Å². The van der Waals surface area contributed by atoms with Crippen LogP contribution in [0.5, 0.6) is 0 Å². The quantitative estimate of drug-likeness (QED) is 0.679. The molecule has 0 saturated carbocycles. The predicted molar refractivity (Wildman–Crippen MR) is 109 cm³/mol. The Morgan fingerprint density at radius 1 is 0.958 bits per heavy atom. The molecule has 2 aromatic carbocycles. The third-order valence-corrected chi connectivity index (χ3v) is 5.83. The molecule has 0 N–H and O–H groups in total. The number of nitrogens with zero attached hydrogens (tertiary/aromatic N) is 2. The fourth-order valence-corrected chi connectivity index (χ4v) is 4.75. The Morgan fingerprint density at radius 2 is 1.54 bits per heavy atom. The molecule has 0 radical (unpaired) electrons. The van der Waals surface area contributed by atoms with Crippen LogP contribution in [0.1, 0.15) is 12.8 Å². The van der Waals surface area contributed by atoms with E-state index >= 15 is 0 Å². The van der Waals surface area contributed by atoms with Crippen LogP contribution in [0.25, 0.3) is 0 Å². The summed E-state index contributed by atoms with van der Waals surface area (Å²) in [7, 11) is 2.25. The SMILES string of the molecule is CN1CCCC(CN2c3ccccc3Sc3ccccc32)C1.Cl.Cl. The Balaban J connectivity index is 0.00000104. The van der Waals surface area contributed by atoms with Gasteiger partial charge in [-0.2, -0.15) is 0 Å². The van der Waals surface area contributed by atoms with Crippen LogP contribution in [0.15, 0.2) is 58.3 Å². The monoisotopic (exact) mass is 382 g/mol. The zero-order chi connectivity index (χ0) is 14.9. The zero-order valence-electron chi connectivity index (χ0n) is 13.9. The standard InChI is InChI=1S/C19H22N2S.2ClH/c1-20-12-6-7-15(13-20)14-21-16-8-2-4-10-18(16)22-19-11-5-3-9-17(19)21;;/h2-5,8-11,15H,6-7,12-14H2,1H3;2*1H. The van der Waals surface area contributed by atoms with Crippen molar-refractivity contribution in [2.75, 3.05) is 31.6 Å². The van der Waals surface area contributed by atoms with Crippen molar-refractivity contribution in [3.8, 4) is 0 Å². The van der Waals surface area contributed by atoms with Gasteiger partial charge in [-0.1, -0.05) is 36.0 Å². The van der Waals surface area contributed by atoms with Crippen molar-refractivity contribution < 1.29 is 0 Å². The highest BCUT2D eigenvalue weighted by Crippen LogP contribution is 2.48. The van der Waals surface area contributed by atoms with Gasteiger partial charge in [0.2, 0.25) is 0 Å². The number of rotatable bonds is 2. The summed E-state index contributed by atoms with van der Waals surface area (Å²) in [6, 6.07) is 17.6. The topological polar surface area (TPSA) is 6.48 Å². The molecule has 2 heterocycles. The summed E-state index contributed by atoms with van der Waals surface area (Å²) in [5.41, 5.74) is 2.75. The maximum atomic E-state index is 2.55. The molecule has 1 atom stereocenters. The largest absolute Gasteiger partial charge is 0.339 e. The van der Waals surface area contributed by atoms with Gasteiger partial charge in [0.1, 0.15) is 0 Å². The molecule has 2 aliphatic heterocycles. The van der Waals surface area contributed by atoms with Crippen LogP contribution in [0.4, 0.5) is 11.4 Å². The van der Waals surface area contributed by atoms with E-state index in [1.54, 1.807) is 0 Å². The number of anilines is 2. The van der Waals surface area contributed by atoms with Crippen molar-refractivity contribution in [3.63, 3.8) is 0 Å². The summed E-state index contributed by atoms with van der Waals surface area (Å²) in [6.07, 6.45) is 2.67. The second kappa shape index (κ2) is 8.48. The van der Waals surface area contributed by atoms with Gasteiger partial charge in [-0.25, -0.2) is 0 Å². The lowest BCUT2D eigenvalue weighted by molar-refractivity contribution is 0.214. The van der Waals surface area contributed by atoms with Crippen LogP contribution in [-0.2, 0) is 0 Å². The lowest BCUT2D eigenvalue weighted by Gasteiger charge is -2.38. The highest BCUT2D eigenvalue weighted by Gasteiger charge is 2.26. The second-order valence-electron chi connectivity index (χ2n) is 6.42. The molecule has 1 saturated heterocycles. The summed E-state index contributed by atoms with van der Waals surface area (Å²) >= 11 is 1.90. The van der Waals surface area contributed by atoms with E-state index in [2.05, 4.69) is 65.4 Å². The van der Waals surface area contributed by atoms with Gasteiger partial charge < -0.3 is 9.80 Å². The molecule has 0 aromatic heterocycles. The first-order valence-electron chi connectivity index (χ1n) is 8.13. The van der Waals surface area contributed by atoms with Gasteiger partial charge in [0.15, 0.2) is 0 Å². The van der Waals surface area contributed by atoms with Gasteiger partial charge in [0.25, 0.3) is 0 Å². The number of benzene rings is 2. The van der Waals surface area contributed by atoms with Crippen LogP contribution < -0.4 is 4.90 Å². The minimum Gasteiger partial charge on any atom is -0.339 e. The lowest BCUT2D eigenvalue weighted by Crippen LogP contribution is -2.38. The van der Waals surface area contributed by atoms with Gasteiger partial charge in [0.05, 0.1) is 11.4 Å². The Kier molecular flexibility index (Phi) is 6.88. The third kappa shape index (κ3) is 3.85. The molecule has 5 heteroatoms. The molecular weight excluding hydrogens is 359 g/mol. The third-order valence-electron chi connectivity index (χ3n) is 4.69. The first kappa shape index (κ1) is 19.5. The number of fused-ring (bicyclic) bond motifs is 2. The van der Waals surface area contributed by atoms with Gasteiger partial charge in [-0.15, -0.1) is 24.8 Å². The van der Waals surface area contributed by atoms with Crippen molar-refractivity contribution in [1.82, 2.24) is 4.90 Å². The molecule has 1 unspecified atom stereocenters. The van der Waals surface area contributed by atoms with E-state index in [-0.39, 0.29) is 24.8 Å². The number of para-hydroxylation sites is 2. The average Bonchev–Trinajstić information content (AvgIpc) is 2.55. The van der Waals surface area contributed by atoms with Crippen molar-refractivity contribution in [2.24, 2.45) is 5.92 Å². The first-order chi connectivity index (χ1) is 10.8. The molecule has 0 spiro atoms. The van der Waals surface area contributed by atoms with E-state index in [0.717, 1.165) is 12.5 Å². The molecule has 0 aliphatic carbocycles. The Morgan fingerprint density at radius 3 is 2.12 bits per heavy atom. The van der Waals surface area contributed by atoms with Gasteiger partial charge in [0, 0.05) is 22.9 Å². The maximum Gasteiger partial charge on any atom is 0.0552 e. The number of likely N-dealkylation sites (tertiary alicyclic amines) is 1. The smallest absolute Gasteiger partial charge is 0.0552 e. The number of hydrogen-bond donors (Lipinski definition) is 0. The van der Waals surface area contributed by atoms with Crippen molar-refractivity contribution in [3.05, 3.63) is 48.5 Å². The van der Waals surface area contributed by atoms with E-state index in [1.165, 1.54) is 47.1 Å². The van der Waals surface area contributed by atoms with Crippen molar-refractivity contribution in [2.45, 2.75) is 22.6 Å². The summed E-state index contributed by atoms with van der Waals surface area (Å²) in [4.78, 5) is 7.78. The van der Waals surface area contributed by atoms with Crippen LogP contribution in [0, 0.1) is 5.92 Å². The molecule has 130 valence electrons. The summed E-state index contributed by atoms with van der Waals surface area (Å²) < 4.78 is 0. The van der Waals surface area contributed by atoms with E-state index in [4.69, 9.17) is 0 Å². The minimum absolute atomic E-state index is 0. The molecule has 2 aliphatic rings. The summed E-state index contributed by atoms with van der Waals surface area (Å²) in [6.45, 7) is 3.59. The zero-order valence-corrected chi connectivity index (χ0v) is 16.3. The normalized spacial score (nSPS) is 19.5. The maximum absolute atomic E-state index is 2.55. The Labute approximate surface area is 161 Å². The van der Waals surface area contributed by atoms with Gasteiger partial charge >= 0.3 is 0 Å². The summed E-state index contributed by atoms with van der Waals surface area (Å²) in [5, 5.41) is 0. The summed E-state index contributed by atoms with van der Waals surface area (Å²) in [5.74, 6) is 0.753. The predicted octanol–water partition coefficient (Wildman–Crippen LogP) is 5.47. The first-order valence-corrected chi connectivity index (χ1v) is 8.95. The van der Waals surface area contributed by atoms with Crippen LogP contribution >= 0.6 is 36.6 Å². The fraction of sp³-hybridized carbons (Fsp3) is 0.368. The molecule has 0 bridgehead atoms. The number of hydrogen-bond acceptors (Lipinski definition) is 3. The van der Waals surface area contributed by atoms with Gasteiger partial charge in [-0.3, -0.25) is 0 Å². The minimum atomic E-state index is 0. The van der Waals surface area contributed by atoms with Crippen LogP contribution in [0.2, 0.25) is 0 Å². The van der Waals surface area contributed by atoms with Crippen molar-refractivity contribution >= 4 is 48.0 Å². The molecule has 24 heavy (non-hydrogen) atoms. The second-order valence-corrected chi connectivity index (χ2v) is 7.50. The average molecular weight is 383 g/mol. The Bertz CT molecular complexity index is 634. The lowest BCUT2D eigenvalue weighted by atomic mass is 9.97.